The van der Waals surface area contributed by atoms with Crippen molar-refractivity contribution >= 4 is 5.91 Å². The van der Waals surface area contributed by atoms with Gasteiger partial charge in [0.25, 0.3) is 5.56 Å². The lowest BCUT2D eigenvalue weighted by atomic mass is 10.0. The number of aromatic amines is 2. The van der Waals surface area contributed by atoms with E-state index in [0.717, 1.165) is 0 Å². The fraction of sp³-hybridized carbons (Fsp3) is 0.615. The molecule has 0 aromatic carbocycles. The minimum absolute atomic E-state index is 0.0694. The molecular formula is C13H20N4O6. The average molecular weight is 328 g/mol. The Labute approximate surface area is 131 Å². The summed E-state index contributed by atoms with van der Waals surface area (Å²) >= 11 is 0. The Balaban J connectivity index is 1.98. The largest absolute Gasteiger partial charge is 0.389 e. The van der Waals surface area contributed by atoms with Crippen LogP contribution >= 0.6 is 0 Å². The number of β-amino-alcohol motifs (C(OH)–C–C–N with tert-alkyl or cyclic N) is 2. The van der Waals surface area contributed by atoms with E-state index in [1.54, 1.807) is 4.90 Å². The predicted octanol–water partition coefficient (Wildman–Crippen LogP) is -3.27. The Morgan fingerprint density at radius 1 is 1.57 bits per heavy atom. The molecule has 1 saturated heterocycles. The third-order valence-corrected chi connectivity index (χ3v) is 3.71. The van der Waals surface area contributed by atoms with Crippen LogP contribution in [0.4, 0.5) is 0 Å². The number of hydrogen-bond acceptors (Lipinski definition) is 7. The van der Waals surface area contributed by atoms with Crippen LogP contribution in [-0.2, 0) is 16.1 Å². The first kappa shape index (κ1) is 17.3. The predicted molar refractivity (Wildman–Crippen MR) is 78.8 cm³/mol. The number of aromatic nitrogens is 2. The maximum Gasteiger partial charge on any atom is 0.325 e. The second-order valence-corrected chi connectivity index (χ2v) is 5.60. The quantitative estimate of drug-likeness (QED) is 0.368. The van der Waals surface area contributed by atoms with E-state index in [4.69, 9.17) is 0 Å². The summed E-state index contributed by atoms with van der Waals surface area (Å²) in [7, 11) is 1.38. The van der Waals surface area contributed by atoms with Crippen molar-refractivity contribution in [3.05, 3.63) is 32.6 Å². The van der Waals surface area contributed by atoms with E-state index in [0.29, 0.717) is 5.56 Å². The number of amides is 1. The molecule has 1 fully saturated rings. The molecule has 2 rings (SSSR count). The van der Waals surface area contributed by atoms with Crippen LogP contribution in [0.25, 0.3) is 0 Å². The SMILES string of the molecule is COCC(=O)NC[C@@]1(O)CN(Cc2c[nH]c(=O)[nH]c2=O)C[C@@H]1O. The number of rotatable bonds is 6. The molecule has 23 heavy (non-hydrogen) atoms. The molecule has 2 heterocycles. The highest BCUT2D eigenvalue weighted by Crippen LogP contribution is 2.22. The van der Waals surface area contributed by atoms with Gasteiger partial charge in [-0.15, -0.1) is 0 Å². The molecule has 0 bridgehead atoms. The number of H-pyrrole nitrogens is 2. The Hall–Kier alpha value is -2.01. The molecule has 2 atom stereocenters. The summed E-state index contributed by atoms with van der Waals surface area (Å²) in [4.78, 5) is 40.2. The highest BCUT2D eigenvalue weighted by Gasteiger charge is 2.44. The van der Waals surface area contributed by atoms with Crippen molar-refractivity contribution < 1.29 is 19.7 Å². The summed E-state index contributed by atoms with van der Waals surface area (Å²) in [6.07, 6.45) is 0.220. The molecule has 0 saturated carbocycles. The number of nitrogens with one attached hydrogen (secondary N) is 3. The second kappa shape index (κ2) is 7.04. The van der Waals surface area contributed by atoms with E-state index < -0.39 is 28.9 Å². The average Bonchev–Trinajstić information content (AvgIpc) is 2.75. The molecular weight excluding hydrogens is 308 g/mol. The number of methoxy groups -OCH3 is 1. The van der Waals surface area contributed by atoms with E-state index >= 15 is 0 Å². The summed E-state index contributed by atoms with van der Waals surface area (Å²) in [5.41, 5.74) is -2.33. The zero-order chi connectivity index (χ0) is 17.0. The Bertz CT molecular complexity index is 671. The number of hydrogen-bond donors (Lipinski definition) is 5. The molecule has 5 N–H and O–H groups in total. The van der Waals surface area contributed by atoms with Gasteiger partial charge < -0.3 is 25.3 Å². The number of nitrogens with zero attached hydrogens (tertiary/aromatic N) is 1. The fourth-order valence-corrected chi connectivity index (χ4v) is 2.50. The smallest absolute Gasteiger partial charge is 0.325 e. The topological polar surface area (TPSA) is 148 Å². The molecule has 1 aliphatic rings. The minimum Gasteiger partial charge on any atom is -0.389 e. The van der Waals surface area contributed by atoms with Gasteiger partial charge in [0, 0.05) is 38.5 Å². The molecule has 1 aliphatic heterocycles. The first-order valence-electron chi connectivity index (χ1n) is 7.03. The number of ether oxygens (including phenoxy) is 1. The summed E-state index contributed by atoms with van der Waals surface area (Å²) in [5.74, 6) is -0.399. The minimum atomic E-state index is -1.52. The van der Waals surface area contributed by atoms with Gasteiger partial charge in [0.2, 0.25) is 5.91 Å². The molecule has 1 aromatic heterocycles. The van der Waals surface area contributed by atoms with E-state index in [1.807, 2.05) is 0 Å². The molecule has 0 unspecified atom stereocenters. The third-order valence-electron chi connectivity index (χ3n) is 3.71. The molecule has 10 heteroatoms. The van der Waals surface area contributed by atoms with Crippen LogP contribution in [0, 0.1) is 0 Å². The monoisotopic (exact) mass is 328 g/mol. The van der Waals surface area contributed by atoms with Crippen LogP contribution < -0.4 is 16.6 Å². The lowest BCUT2D eigenvalue weighted by Crippen LogP contribution is -2.51. The summed E-state index contributed by atoms with van der Waals surface area (Å²) in [6, 6.07) is 0. The lowest BCUT2D eigenvalue weighted by Gasteiger charge is -2.26. The van der Waals surface area contributed by atoms with Crippen LogP contribution in [0.15, 0.2) is 15.8 Å². The van der Waals surface area contributed by atoms with Crippen LogP contribution in [0.5, 0.6) is 0 Å². The van der Waals surface area contributed by atoms with Crippen LogP contribution in [-0.4, -0.2) is 76.0 Å². The Morgan fingerprint density at radius 3 is 2.96 bits per heavy atom. The zero-order valence-electron chi connectivity index (χ0n) is 12.7. The van der Waals surface area contributed by atoms with E-state index in [1.165, 1.54) is 13.3 Å². The van der Waals surface area contributed by atoms with Crippen LogP contribution in [0.2, 0.25) is 0 Å². The van der Waals surface area contributed by atoms with E-state index in [2.05, 4.69) is 20.0 Å². The van der Waals surface area contributed by atoms with Crippen molar-refractivity contribution in [2.75, 3.05) is 33.4 Å². The number of aliphatic hydroxyl groups is 2. The molecule has 0 aliphatic carbocycles. The van der Waals surface area contributed by atoms with Crippen molar-refractivity contribution in [3.63, 3.8) is 0 Å². The van der Waals surface area contributed by atoms with Gasteiger partial charge in [-0.1, -0.05) is 0 Å². The maximum absolute atomic E-state index is 11.7. The summed E-state index contributed by atoms with van der Waals surface area (Å²) in [5, 5.41) is 23.0. The fourth-order valence-electron chi connectivity index (χ4n) is 2.50. The number of carbonyl (C=O) groups excluding carboxylic acids is 1. The third kappa shape index (κ3) is 4.26. The Kier molecular flexibility index (Phi) is 5.31. The van der Waals surface area contributed by atoms with Crippen molar-refractivity contribution in [2.24, 2.45) is 0 Å². The molecule has 0 radical (unpaired) electrons. The van der Waals surface area contributed by atoms with Gasteiger partial charge in [-0.05, 0) is 0 Å². The molecule has 10 nitrogen and oxygen atoms in total. The van der Waals surface area contributed by atoms with Crippen molar-refractivity contribution in [2.45, 2.75) is 18.2 Å². The van der Waals surface area contributed by atoms with Gasteiger partial charge in [0.05, 0.1) is 12.6 Å². The van der Waals surface area contributed by atoms with E-state index in [9.17, 15) is 24.6 Å². The van der Waals surface area contributed by atoms with Crippen molar-refractivity contribution in [3.8, 4) is 0 Å². The van der Waals surface area contributed by atoms with Gasteiger partial charge in [-0.25, -0.2) is 4.79 Å². The van der Waals surface area contributed by atoms with Gasteiger partial charge >= 0.3 is 5.69 Å². The van der Waals surface area contributed by atoms with Crippen LogP contribution in [0.3, 0.4) is 0 Å². The highest BCUT2D eigenvalue weighted by atomic mass is 16.5. The lowest BCUT2D eigenvalue weighted by molar-refractivity contribution is -0.126. The number of aliphatic hydroxyl groups excluding tert-OH is 1. The van der Waals surface area contributed by atoms with Gasteiger partial charge in [-0.3, -0.25) is 19.5 Å². The normalized spacial score (nSPS) is 24.7. The maximum atomic E-state index is 11.7. The molecule has 1 amide bonds. The first-order chi connectivity index (χ1) is 10.8. The standard InChI is InChI=1S/C13H20N4O6/c1-23-5-10(19)15-6-13(22)7-17(4-9(13)18)3-8-2-14-12(21)16-11(8)20/h2,9,18,22H,3-7H2,1H3,(H,15,19)(H2,14,16,20,21)/t9-,13+/m0/s1. The summed E-state index contributed by atoms with van der Waals surface area (Å²) < 4.78 is 4.67. The van der Waals surface area contributed by atoms with Crippen LogP contribution in [0.1, 0.15) is 5.56 Å². The van der Waals surface area contributed by atoms with Gasteiger partial charge in [0.15, 0.2) is 0 Å². The first-order valence-corrected chi connectivity index (χ1v) is 7.03. The molecule has 128 valence electrons. The van der Waals surface area contributed by atoms with Gasteiger partial charge in [-0.2, -0.15) is 0 Å². The van der Waals surface area contributed by atoms with E-state index in [-0.39, 0.29) is 32.8 Å². The van der Waals surface area contributed by atoms with Crippen molar-refractivity contribution in [1.82, 2.24) is 20.2 Å². The highest BCUT2D eigenvalue weighted by molar-refractivity contribution is 5.77. The van der Waals surface area contributed by atoms with Crippen molar-refractivity contribution in [1.29, 1.82) is 0 Å². The molecule has 1 aromatic rings. The number of likely N-dealkylation sites (tertiary alicyclic amines) is 1. The van der Waals surface area contributed by atoms with Gasteiger partial charge in [0.1, 0.15) is 12.2 Å². The second-order valence-electron chi connectivity index (χ2n) is 5.60. The summed E-state index contributed by atoms with van der Waals surface area (Å²) in [6.45, 7) is 0.0875. The molecule has 0 spiro atoms. The number of carbonyl (C=O) groups is 1. The Morgan fingerprint density at radius 2 is 2.30 bits per heavy atom. The zero-order valence-corrected chi connectivity index (χ0v) is 12.7.